The first-order valence-corrected chi connectivity index (χ1v) is 7.15. The Morgan fingerprint density at radius 1 is 1.00 bits per heavy atom. The number of rotatable bonds is 3. The molecule has 0 atom stereocenters. The van der Waals surface area contributed by atoms with Crippen LogP contribution < -0.4 is 0 Å². The molecule has 0 unspecified atom stereocenters. The first-order valence-electron chi connectivity index (χ1n) is 7.15. The van der Waals surface area contributed by atoms with Crippen LogP contribution in [0.3, 0.4) is 0 Å². The molecule has 20 heavy (non-hydrogen) atoms. The van der Waals surface area contributed by atoms with Gasteiger partial charge in [0, 0.05) is 17.0 Å². The van der Waals surface area contributed by atoms with Crippen LogP contribution in [0.1, 0.15) is 36.0 Å². The maximum atomic E-state index is 14.2. The van der Waals surface area contributed by atoms with Gasteiger partial charge in [-0.25, -0.2) is 4.39 Å². The van der Waals surface area contributed by atoms with Gasteiger partial charge < -0.3 is 0 Å². The first-order chi connectivity index (χ1) is 9.75. The number of benzene rings is 2. The molecule has 2 aromatic rings. The molecule has 0 aliphatic heterocycles. The Morgan fingerprint density at radius 2 is 1.70 bits per heavy atom. The molecule has 0 saturated heterocycles. The number of hydrogen-bond acceptors (Lipinski definition) is 1. The van der Waals surface area contributed by atoms with Crippen molar-refractivity contribution in [3.63, 3.8) is 0 Å². The Morgan fingerprint density at radius 3 is 2.35 bits per heavy atom. The fourth-order valence-electron chi connectivity index (χ4n) is 2.94. The number of hydrogen-bond donors (Lipinski definition) is 0. The van der Waals surface area contributed by atoms with Crippen molar-refractivity contribution in [3.05, 3.63) is 59.9 Å². The number of halogens is 1. The van der Waals surface area contributed by atoms with Crippen LogP contribution in [0.25, 0.3) is 11.1 Å². The number of carbonyl (C=O) groups is 1. The van der Waals surface area contributed by atoms with Crippen LogP contribution >= 0.6 is 0 Å². The van der Waals surface area contributed by atoms with Gasteiger partial charge in [0.05, 0.1) is 0 Å². The molecule has 1 aliphatic rings. The highest BCUT2D eigenvalue weighted by atomic mass is 19.1. The van der Waals surface area contributed by atoms with Crippen molar-refractivity contribution in [1.82, 2.24) is 0 Å². The number of carbonyl (C=O) groups excluding carboxylic acids is 1. The van der Waals surface area contributed by atoms with Gasteiger partial charge >= 0.3 is 0 Å². The molecule has 102 valence electrons. The SMILES string of the molecule is O=C(c1ccc(-c2ccccc2)c(F)c1)C1CCCC1. The smallest absolute Gasteiger partial charge is 0.166 e. The van der Waals surface area contributed by atoms with Gasteiger partial charge in [-0.2, -0.15) is 0 Å². The predicted molar refractivity (Wildman–Crippen MR) is 78.1 cm³/mol. The third-order valence-electron chi connectivity index (χ3n) is 4.06. The van der Waals surface area contributed by atoms with Crippen LogP contribution in [0.15, 0.2) is 48.5 Å². The average Bonchev–Trinajstić information content (AvgIpc) is 3.01. The van der Waals surface area contributed by atoms with Gasteiger partial charge in [0.1, 0.15) is 5.82 Å². The van der Waals surface area contributed by atoms with Crippen molar-refractivity contribution in [2.45, 2.75) is 25.7 Å². The molecule has 0 amide bonds. The van der Waals surface area contributed by atoms with E-state index in [1.54, 1.807) is 12.1 Å². The molecule has 0 heterocycles. The molecular formula is C18H17FO. The van der Waals surface area contributed by atoms with Crippen LogP contribution in [-0.4, -0.2) is 5.78 Å². The van der Waals surface area contributed by atoms with Crippen molar-refractivity contribution < 1.29 is 9.18 Å². The summed E-state index contributed by atoms with van der Waals surface area (Å²) in [5, 5.41) is 0. The standard InChI is InChI=1S/C18H17FO/c19-17-12-15(18(20)14-8-4-5-9-14)10-11-16(17)13-6-2-1-3-7-13/h1-3,6-7,10-12,14H,4-5,8-9H2. The molecule has 2 aromatic carbocycles. The lowest BCUT2D eigenvalue weighted by Gasteiger charge is -2.10. The van der Waals surface area contributed by atoms with Gasteiger partial charge in [-0.15, -0.1) is 0 Å². The maximum Gasteiger partial charge on any atom is 0.166 e. The summed E-state index contributed by atoms with van der Waals surface area (Å²) in [6.45, 7) is 0. The monoisotopic (exact) mass is 268 g/mol. The minimum absolute atomic E-state index is 0.0944. The summed E-state index contributed by atoms with van der Waals surface area (Å²) in [5.41, 5.74) is 1.90. The Hall–Kier alpha value is -1.96. The van der Waals surface area contributed by atoms with Gasteiger partial charge in [-0.1, -0.05) is 55.3 Å². The maximum absolute atomic E-state index is 14.2. The average molecular weight is 268 g/mol. The van der Waals surface area contributed by atoms with E-state index in [4.69, 9.17) is 0 Å². The van der Waals surface area contributed by atoms with E-state index < -0.39 is 0 Å². The van der Waals surface area contributed by atoms with Gasteiger partial charge in [-0.05, 0) is 24.5 Å². The second-order valence-corrected chi connectivity index (χ2v) is 5.41. The van der Waals surface area contributed by atoms with Crippen LogP contribution in [0.2, 0.25) is 0 Å². The summed E-state index contributed by atoms with van der Waals surface area (Å²) in [6, 6.07) is 14.3. The zero-order valence-corrected chi connectivity index (χ0v) is 11.3. The fraction of sp³-hybridized carbons (Fsp3) is 0.278. The van der Waals surface area contributed by atoms with E-state index in [2.05, 4.69) is 0 Å². The summed E-state index contributed by atoms with van der Waals surface area (Å²) in [4.78, 5) is 12.3. The van der Waals surface area contributed by atoms with Gasteiger partial charge in [0.25, 0.3) is 0 Å². The molecule has 0 spiro atoms. The lowest BCUT2D eigenvalue weighted by Crippen LogP contribution is -2.11. The summed E-state index contributed by atoms with van der Waals surface area (Å²) >= 11 is 0. The normalized spacial score (nSPS) is 15.4. The molecule has 0 bridgehead atoms. The summed E-state index contributed by atoms with van der Waals surface area (Å²) in [5.74, 6) is -0.127. The lowest BCUT2D eigenvalue weighted by molar-refractivity contribution is 0.0922. The van der Waals surface area contributed by atoms with Gasteiger partial charge in [0.2, 0.25) is 0 Å². The second-order valence-electron chi connectivity index (χ2n) is 5.41. The van der Waals surface area contributed by atoms with Crippen molar-refractivity contribution in [3.8, 4) is 11.1 Å². The van der Waals surface area contributed by atoms with Crippen LogP contribution in [0, 0.1) is 11.7 Å². The largest absolute Gasteiger partial charge is 0.294 e. The van der Waals surface area contributed by atoms with Crippen LogP contribution in [-0.2, 0) is 0 Å². The molecule has 0 radical (unpaired) electrons. The molecular weight excluding hydrogens is 251 g/mol. The van der Waals surface area contributed by atoms with Crippen molar-refractivity contribution >= 4 is 5.78 Å². The summed E-state index contributed by atoms with van der Waals surface area (Å²) in [6.07, 6.45) is 4.11. The van der Waals surface area contributed by atoms with Gasteiger partial charge in [0.15, 0.2) is 5.78 Å². The van der Waals surface area contributed by atoms with E-state index in [0.717, 1.165) is 31.2 Å². The zero-order chi connectivity index (χ0) is 13.9. The molecule has 0 aromatic heterocycles. The minimum atomic E-state index is -0.319. The Kier molecular flexibility index (Phi) is 3.64. The number of ketones is 1. The highest BCUT2D eigenvalue weighted by Crippen LogP contribution is 2.30. The van der Waals surface area contributed by atoms with Crippen molar-refractivity contribution in [2.24, 2.45) is 5.92 Å². The zero-order valence-electron chi connectivity index (χ0n) is 11.3. The van der Waals surface area contributed by atoms with E-state index in [1.807, 2.05) is 30.3 Å². The predicted octanol–water partition coefficient (Wildman–Crippen LogP) is 4.87. The first kappa shape index (κ1) is 13.0. The van der Waals surface area contributed by atoms with Crippen LogP contribution in [0.5, 0.6) is 0 Å². The van der Waals surface area contributed by atoms with E-state index in [0.29, 0.717) is 11.1 Å². The highest BCUT2D eigenvalue weighted by molar-refractivity contribution is 5.98. The third-order valence-corrected chi connectivity index (χ3v) is 4.06. The number of Topliss-reactive ketones (excluding diaryl/α,β-unsaturated/α-hetero) is 1. The van der Waals surface area contributed by atoms with E-state index >= 15 is 0 Å². The molecule has 1 aliphatic carbocycles. The van der Waals surface area contributed by atoms with E-state index in [1.165, 1.54) is 6.07 Å². The fourth-order valence-corrected chi connectivity index (χ4v) is 2.94. The summed E-state index contributed by atoms with van der Waals surface area (Å²) in [7, 11) is 0. The lowest BCUT2D eigenvalue weighted by atomic mass is 9.94. The Labute approximate surface area is 118 Å². The minimum Gasteiger partial charge on any atom is -0.294 e. The highest BCUT2D eigenvalue weighted by Gasteiger charge is 2.24. The van der Waals surface area contributed by atoms with E-state index in [-0.39, 0.29) is 17.5 Å². The molecule has 2 heteroatoms. The quantitative estimate of drug-likeness (QED) is 0.726. The Bertz CT molecular complexity index is 613. The molecule has 1 nitrogen and oxygen atoms in total. The van der Waals surface area contributed by atoms with Crippen LogP contribution in [0.4, 0.5) is 4.39 Å². The molecule has 0 N–H and O–H groups in total. The van der Waals surface area contributed by atoms with Gasteiger partial charge in [-0.3, -0.25) is 4.79 Å². The second kappa shape index (κ2) is 5.58. The summed E-state index contributed by atoms with van der Waals surface area (Å²) < 4.78 is 14.2. The Balaban J connectivity index is 1.89. The topological polar surface area (TPSA) is 17.1 Å². The molecule has 3 rings (SSSR count). The molecule has 1 saturated carbocycles. The van der Waals surface area contributed by atoms with E-state index in [9.17, 15) is 9.18 Å². The molecule has 1 fully saturated rings. The van der Waals surface area contributed by atoms with Crippen molar-refractivity contribution in [1.29, 1.82) is 0 Å². The third kappa shape index (κ3) is 2.51. The van der Waals surface area contributed by atoms with Crippen molar-refractivity contribution in [2.75, 3.05) is 0 Å².